The van der Waals surface area contributed by atoms with Gasteiger partial charge >= 0.3 is 11.9 Å². The normalized spacial score (nSPS) is 10.5. The van der Waals surface area contributed by atoms with E-state index in [1.807, 2.05) is 32.0 Å². The maximum Gasteiger partial charge on any atom is 0.338 e. The lowest BCUT2D eigenvalue weighted by molar-refractivity contribution is -0.136. The molecule has 2 rings (SSSR count). The van der Waals surface area contributed by atoms with E-state index >= 15 is 0 Å². The molecule has 2 aromatic carbocycles. The average molecular weight is 298 g/mol. The Hall–Kier alpha value is -2.62. The van der Waals surface area contributed by atoms with Gasteiger partial charge in [0.25, 0.3) is 0 Å². The molecular formula is C18H18O4. The molecular weight excluding hydrogens is 280 g/mol. The standard InChI is InChI=1S/C18H18O4/c1-12(2)22-18(21)16-5-3-4-15(11-16)14-8-6-13(7-9-14)10-17(19)20/h3-9,11-12H,10H2,1-2H3,(H,19,20). The molecule has 0 atom stereocenters. The highest BCUT2D eigenvalue weighted by molar-refractivity contribution is 5.91. The molecule has 0 unspecified atom stereocenters. The SMILES string of the molecule is CC(C)OC(=O)c1cccc(-c2ccc(CC(=O)O)cc2)c1. The second-order valence-electron chi connectivity index (χ2n) is 5.30. The van der Waals surface area contributed by atoms with Gasteiger partial charge in [-0.2, -0.15) is 0 Å². The largest absolute Gasteiger partial charge is 0.481 e. The summed E-state index contributed by atoms with van der Waals surface area (Å²) in [6.45, 7) is 3.62. The maximum absolute atomic E-state index is 11.9. The molecule has 4 heteroatoms. The molecule has 0 aromatic heterocycles. The minimum Gasteiger partial charge on any atom is -0.481 e. The maximum atomic E-state index is 11.9. The van der Waals surface area contributed by atoms with Crippen molar-refractivity contribution in [2.75, 3.05) is 0 Å². The van der Waals surface area contributed by atoms with Crippen molar-refractivity contribution in [3.05, 3.63) is 59.7 Å². The number of benzene rings is 2. The summed E-state index contributed by atoms with van der Waals surface area (Å²) in [5.74, 6) is -1.20. The van der Waals surface area contributed by atoms with Gasteiger partial charge in [-0.15, -0.1) is 0 Å². The van der Waals surface area contributed by atoms with Crippen LogP contribution in [0.4, 0.5) is 0 Å². The zero-order valence-corrected chi connectivity index (χ0v) is 12.6. The summed E-state index contributed by atoms with van der Waals surface area (Å²) in [5, 5.41) is 8.77. The smallest absolute Gasteiger partial charge is 0.338 e. The van der Waals surface area contributed by atoms with Gasteiger partial charge in [-0.05, 0) is 42.7 Å². The van der Waals surface area contributed by atoms with Crippen LogP contribution in [-0.4, -0.2) is 23.1 Å². The van der Waals surface area contributed by atoms with Crippen LogP contribution in [0.1, 0.15) is 29.8 Å². The van der Waals surface area contributed by atoms with E-state index in [1.54, 1.807) is 30.3 Å². The van der Waals surface area contributed by atoms with Gasteiger partial charge in [-0.3, -0.25) is 4.79 Å². The van der Waals surface area contributed by atoms with Gasteiger partial charge in [0.05, 0.1) is 18.1 Å². The number of hydrogen-bond acceptors (Lipinski definition) is 3. The quantitative estimate of drug-likeness (QED) is 0.857. The average Bonchev–Trinajstić information content (AvgIpc) is 2.47. The first-order valence-electron chi connectivity index (χ1n) is 7.08. The Bertz CT molecular complexity index is 672. The predicted molar refractivity (Wildman–Crippen MR) is 83.8 cm³/mol. The zero-order chi connectivity index (χ0) is 16.1. The van der Waals surface area contributed by atoms with E-state index in [2.05, 4.69) is 0 Å². The lowest BCUT2D eigenvalue weighted by Crippen LogP contribution is -2.11. The molecule has 0 fully saturated rings. The van der Waals surface area contributed by atoms with Crippen molar-refractivity contribution in [2.45, 2.75) is 26.4 Å². The van der Waals surface area contributed by atoms with Gasteiger partial charge in [-0.25, -0.2) is 4.79 Å². The van der Waals surface area contributed by atoms with E-state index < -0.39 is 5.97 Å². The lowest BCUT2D eigenvalue weighted by atomic mass is 10.0. The fraction of sp³-hybridized carbons (Fsp3) is 0.222. The van der Waals surface area contributed by atoms with Gasteiger partial charge in [0, 0.05) is 0 Å². The minimum absolute atomic E-state index is 0.00103. The summed E-state index contributed by atoms with van der Waals surface area (Å²) in [6.07, 6.45) is -0.160. The van der Waals surface area contributed by atoms with Crippen LogP contribution in [0.2, 0.25) is 0 Å². The monoisotopic (exact) mass is 298 g/mol. The summed E-state index contributed by atoms with van der Waals surface area (Å²) >= 11 is 0. The number of aliphatic carboxylic acids is 1. The molecule has 0 aliphatic heterocycles. The van der Waals surface area contributed by atoms with Crippen LogP contribution < -0.4 is 0 Å². The van der Waals surface area contributed by atoms with Crippen LogP contribution in [0.3, 0.4) is 0 Å². The Labute approximate surface area is 129 Å². The van der Waals surface area contributed by atoms with Crippen molar-refractivity contribution < 1.29 is 19.4 Å². The first-order chi connectivity index (χ1) is 10.5. The topological polar surface area (TPSA) is 63.6 Å². The van der Waals surface area contributed by atoms with E-state index in [-0.39, 0.29) is 18.5 Å². The van der Waals surface area contributed by atoms with E-state index in [9.17, 15) is 9.59 Å². The molecule has 0 bridgehead atoms. The number of ether oxygens (including phenoxy) is 1. The van der Waals surface area contributed by atoms with Crippen molar-refractivity contribution in [1.29, 1.82) is 0 Å². The number of carboxylic acid groups (broad SMARTS) is 1. The zero-order valence-electron chi connectivity index (χ0n) is 12.6. The van der Waals surface area contributed by atoms with Crippen LogP contribution in [0.15, 0.2) is 48.5 Å². The van der Waals surface area contributed by atoms with Gasteiger partial charge in [0.2, 0.25) is 0 Å². The Morgan fingerprint density at radius 3 is 2.32 bits per heavy atom. The van der Waals surface area contributed by atoms with Gasteiger partial charge in [-0.1, -0.05) is 36.4 Å². The molecule has 1 N–H and O–H groups in total. The third kappa shape index (κ3) is 4.19. The summed E-state index contributed by atoms with van der Waals surface area (Å²) in [7, 11) is 0. The van der Waals surface area contributed by atoms with Gasteiger partial charge in [0.1, 0.15) is 0 Å². The molecule has 0 aliphatic rings. The number of hydrogen-bond donors (Lipinski definition) is 1. The van der Waals surface area contributed by atoms with Gasteiger partial charge < -0.3 is 9.84 Å². The van der Waals surface area contributed by atoms with Crippen LogP contribution in [0.5, 0.6) is 0 Å². The van der Waals surface area contributed by atoms with E-state index in [0.717, 1.165) is 16.7 Å². The first kappa shape index (κ1) is 15.8. The minimum atomic E-state index is -0.855. The van der Waals surface area contributed by atoms with Crippen molar-refractivity contribution >= 4 is 11.9 Å². The Morgan fingerprint density at radius 1 is 1.05 bits per heavy atom. The molecule has 114 valence electrons. The first-order valence-corrected chi connectivity index (χ1v) is 7.08. The molecule has 22 heavy (non-hydrogen) atoms. The van der Waals surface area contributed by atoms with Crippen molar-refractivity contribution in [3.63, 3.8) is 0 Å². The molecule has 0 heterocycles. The molecule has 0 saturated carbocycles. The number of carboxylic acids is 1. The Balaban J connectivity index is 2.22. The van der Waals surface area contributed by atoms with Gasteiger partial charge in [0.15, 0.2) is 0 Å². The van der Waals surface area contributed by atoms with Crippen LogP contribution in [0, 0.1) is 0 Å². The number of carbonyl (C=O) groups excluding carboxylic acids is 1. The van der Waals surface area contributed by atoms with Crippen molar-refractivity contribution in [2.24, 2.45) is 0 Å². The molecule has 0 spiro atoms. The Morgan fingerprint density at radius 2 is 1.73 bits per heavy atom. The third-order valence-corrected chi connectivity index (χ3v) is 3.08. The van der Waals surface area contributed by atoms with Crippen LogP contribution >= 0.6 is 0 Å². The summed E-state index contributed by atoms with van der Waals surface area (Å²) < 4.78 is 5.19. The van der Waals surface area contributed by atoms with E-state index in [4.69, 9.17) is 9.84 Å². The highest BCUT2D eigenvalue weighted by Gasteiger charge is 2.10. The van der Waals surface area contributed by atoms with Crippen molar-refractivity contribution in [1.82, 2.24) is 0 Å². The number of carbonyl (C=O) groups is 2. The number of esters is 1. The summed E-state index contributed by atoms with van der Waals surface area (Å²) in [5.41, 5.74) is 3.06. The van der Waals surface area contributed by atoms with Crippen molar-refractivity contribution in [3.8, 4) is 11.1 Å². The van der Waals surface area contributed by atoms with E-state index in [0.29, 0.717) is 5.56 Å². The Kier molecular flexibility index (Phi) is 4.94. The predicted octanol–water partition coefficient (Wildman–Crippen LogP) is 3.55. The second-order valence-corrected chi connectivity index (χ2v) is 5.30. The summed E-state index contributed by atoms with van der Waals surface area (Å²) in [4.78, 5) is 22.6. The molecule has 2 aromatic rings. The van der Waals surface area contributed by atoms with Crippen LogP contribution in [0.25, 0.3) is 11.1 Å². The highest BCUT2D eigenvalue weighted by atomic mass is 16.5. The molecule has 0 amide bonds. The molecule has 0 aliphatic carbocycles. The fourth-order valence-electron chi connectivity index (χ4n) is 2.10. The lowest BCUT2D eigenvalue weighted by Gasteiger charge is -2.09. The highest BCUT2D eigenvalue weighted by Crippen LogP contribution is 2.21. The second kappa shape index (κ2) is 6.89. The molecule has 0 saturated heterocycles. The summed E-state index contributed by atoms with van der Waals surface area (Å²) in [6, 6.07) is 14.5. The number of rotatable bonds is 5. The fourth-order valence-corrected chi connectivity index (χ4v) is 2.10. The van der Waals surface area contributed by atoms with Crippen LogP contribution in [-0.2, 0) is 16.0 Å². The molecule has 4 nitrogen and oxygen atoms in total. The van der Waals surface area contributed by atoms with E-state index in [1.165, 1.54) is 0 Å². The third-order valence-electron chi connectivity index (χ3n) is 3.08. The molecule has 0 radical (unpaired) electrons.